The van der Waals surface area contributed by atoms with Gasteiger partial charge in [-0.05, 0) is 45.4 Å². The van der Waals surface area contributed by atoms with E-state index in [0.29, 0.717) is 25.4 Å². The number of carbonyl (C=O) groups excluding carboxylic acids is 1. The van der Waals surface area contributed by atoms with Crippen LogP contribution in [-0.4, -0.2) is 37.6 Å². The number of nitrogens with zero attached hydrogens (tertiary/aromatic N) is 1. The second kappa shape index (κ2) is 9.53. The average molecular weight is 408 g/mol. The fourth-order valence-electron chi connectivity index (χ4n) is 3.60. The fraction of sp³-hybridized carbons (Fsp3) is 0.320. The summed E-state index contributed by atoms with van der Waals surface area (Å²) < 4.78 is 17.3. The van der Waals surface area contributed by atoms with Crippen molar-refractivity contribution in [2.75, 3.05) is 26.8 Å². The molecular formula is C25H29NO4. The van der Waals surface area contributed by atoms with E-state index in [4.69, 9.17) is 13.9 Å². The van der Waals surface area contributed by atoms with Gasteiger partial charge in [-0.15, -0.1) is 0 Å². The lowest BCUT2D eigenvalue weighted by atomic mass is 9.98. The Bertz CT molecular complexity index is 1060. The van der Waals surface area contributed by atoms with Gasteiger partial charge in [0.1, 0.15) is 17.1 Å². The molecule has 1 heterocycles. The van der Waals surface area contributed by atoms with Crippen molar-refractivity contribution in [3.63, 3.8) is 0 Å². The summed E-state index contributed by atoms with van der Waals surface area (Å²) in [6.07, 6.45) is 3.42. The molecule has 0 radical (unpaired) electrons. The minimum Gasteiger partial charge on any atom is -0.496 e. The largest absolute Gasteiger partial charge is 0.496 e. The van der Waals surface area contributed by atoms with E-state index >= 15 is 0 Å². The highest BCUT2D eigenvalue weighted by Gasteiger charge is 2.17. The molecule has 5 heteroatoms. The van der Waals surface area contributed by atoms with Gasteiger partial charge in [0.2, 0.25) is 5.91 Å². The maximum Gasteiger partial charge on any atom is 0.246 e. The summed E-state index contributed by atoms with van der Waals surface area (Å²) in [7, 11) is 1.66. The van der Waals surface area contributed by atoms with E-state index in [1.807, 2.05) is 64.1 Å². The number of methoxy groups -OCH3 is 1. The molecule has 3 aromatic rings. The van der Waals surface area contributed by atoms with Crippen LogP contribution >= 0.6 is 0 Å². The van der Waals surface area contributed by atoms with Crippen LogP contribution in [-0.2, 0) is 4.79 Å². The summed E-state index contributed by atoms with van der Waals surface area (Å²) >= 11 is 0. The number of likely N-dealkylation sites (N-methyl/N-ethyl adjacent to an activating group) is 1. The first kappa shape index (κ1) is 21.5. The zero-order chi connectivity index (χ0) is 21.7. The van der Waals surface area contributed by atoms with Gasteiger partial charge in [0, 0.05) is 47.3 Å². The van der Waals surface area contributed by atoms with Crippen molar-refractivity contribution in [3.05, 3.63) is 54.3 Å². The summed E-state index contributed by atoms with van der Waals surface area (Å²) in [4.78, 5) is 14.4. The van der Waals surface area contributed by atoms with Gasteiger partial charge in [-0.25, -0.2) is 0 Å². The van der Waals surface area contributed by atoms with Crippen molar-refractivity contribution in [1.29, 1.82) is 0 Å². The standard InChI is InChI=1S/C25H29NO4/c1-6-26(7-2)25(27)13-17(4)19-14-20-21(18-11-9-10-12-22(18)28-5)16-30-24(20)15-23(19)29-8-3/h9-16H,6-8H2,1-5H3/b17-13+. The Hall–Kier alpha value is -3.21. The molecule has 0 unspecified atom stereocenters. The minimum atomic E-state index is -0.00260. The van der Waals surface area contributed by atoms with Gasteiger partial charge in [0.25, 0.3) is 0 Å². The van der Waals surface area contributed by atoms with Gasteiger partial charge < -0.3 is 18.8 Å². The lowest BCUT2D eigenvalue weighted by molar-refractivity contribution is -0.125. The maximum atomic E-state index is 12.6. The molecule has 3 rings (SSSR count). The molecule has 2 aromatic carbocycles. The number of hydrogen-bond donors (Lipinski definition) is 0. The SMILES string of the molecule is CCOc1cc2occ(-c3ccccc3OC)c2cc1/C(C)=C/C(=O)N(CC)CC. The monoisotopic (exact) mass is 407 g/mol. The molecule has 1 aromatic heterocycles. The van der Waals surface area contributed by atoms with Gasteiger partial charge in [-0.1, -0.05) is 18.2 Å². The third-order valence-corrected chi connectivity index (χ3v) is 5.21. The van der Waals surface area contributed by atoms with E-state index < -0.39 is 0 Å². The van der Waals surface area contributed by atoms with Crippen LogP contribution in [0.3, 0.4) is 0 Å². The molecule has 158 valence electrons. The third kappa shape index (κ3) is 4.20. The Balaban J connectivity index is 2.15. The molecule has 0 aliphatic heterocycles. The quantitative estimate of drug-likeness (QED) is 0.444. The first-order valence-electron chi connectivity index (χ1n) is 10.3. The van der Waals surface area contributed by atoms with E-state index in [9.17, 15) is 4.79 Å². The predicted molar refractivity (Wildman–Crippen MR) is 121 cm³/mol. The number of amides is 1. The smallest absolute Gasteiger partial charge is 0.246 e. The molecule has 0 N–H and O–H groups in total. The number of carbonyl (C=O) groups is 1. The number of para-hydroxylation sites is 1. The van der Waals surface area contributed by atoms with Crippen molar-refractivity contribution in [1.82, 2.24) is 4.90 Å². The molecular weight excluding hydrogens is 378 g/mol. The third-order valence-electron chi connectivity index (χ3n) is 5.21. The van der Waals surface area contributed by atoms with E-state index in [0.717, 1.165) is 39.0 Å². The van der Waals surface area contributed by atoms with Crippen LogP contribution in [0.4, 0.5) is 0 Å². The maximum absolute atomic E-state index is 12.6. The van der Waals surface area contributed by atoms with Gasteiger partial charge in [-0.3, -0.25) is 4.79 Å². The van der Waals surface area contributed by atoms with E-state index in [1.54, 1.807) is 24.3 Å². The minimum absolute atomic E-state index is 0.00260. The van der Waals surface area contributed by atoms with Crippen molar-refractivity contribution in [2.45, 2.75) is 27.7 Å². The Morgan fingerprint density at radius 1 is 1.07 bits per heavy atom. The Labute approximate surface area is 177 Å². The van der Waals surface area contributed by atoms with E-state index in [2.05, 4.69) is 0 Å². The molecule has 0 bridgehead atoms. The molecule has 0 aliphatic rings. The van der Waals surface area contributed by atoms with Crippen LogP contribution in [0.15, 0.2) is 53.2 Å². The number of furan rings is 1. The number of fused-ring (bicyclic) bond motifs is 1. The summed E-state index contributed by atoms with van der Waals surface area (Å²) in [6, 6.07) is 11.8. The van der Waals surface area contributed by atoms with Crippen LogP contribution in [0.2, 0.25) is 0 Å². The molecule has 0 saturated carbocycles. The van der Waals surface area contributed by atoms with Crippen LogP contribution < -0.4 is 9.47 Å². The zero-order valence-electron chi connectivity index (χ0n) is 18.3. The van der Waals surface area contributed by atoms with Gasteiger partial charge in [0.15, 0.2) is 0 Å². The second-order valence-electron chi connectivity index (χ2n) is 6.97. The Morgan fingerprint density at radius 3 is 2.47 bits per heavy atom. The fourth-order valence-corrected chi connectivity index (χ4v) is 3.60. The van der Waals surface area contributed by atoms with Crippen LogP contribution in [0.1, 0.15) is 33.3 Å². The molecule has 0 spiro atoms. The lowest BCUT2D eigenvalue weighted by Crippen LogP contribution is -2.28. The number of ether oxygens (including phenoxy) is 2. The normalized spacial score (nSPS) is 11.6. The van der Waals surface area contributed by atoms with Gasteiger partial charge >= 0.3 is 0 Å². The average Bonchev–Trinajstić information content (AvgIpc) is 3.16. The van der Waals surface area contributed by atoms with Crippen molar-refractivity contribution in [2.24, 2.45) is 0 Å². The van der Waals surface area contributed by atoms with E-state index in [1.165, 1.54) is 0 Å². The first-order valence-corrected chi connectivity index (χ1v) is 10.3. The highest BCUT2D eigenvalue weighted by molar-refractivity contribution is 6.01. The number of rotatable bonds is 8. The molecule has 0 fully saturated rings. The van der Waals surface area contributed by atoms with Crippen LogP contribution in [0, 0.1) is 0 Å². The number of benzene rings is 2. The van der Waals surface area contributed by atoms with Crippen LogP contribution in [0.5, 0.6) is 11.5 Å². The number of allylic oxidation sites excluding steroid dienone is 1. The predicted octanol–water partition coefficient (Wildman–Crippen LogP) is 5.78. The molecule has 5 nitrogen and oxygen atoms in total. The summed E-state index contributed by atoms with van der Waals surface area (Å²) in [6.45, 7) is 9.72. The summed E-state index contributed by atoms with van der Waals surface area (Å²) in [5.41, 5.74) is 4.35. The topological polar surface area (TPSA) is 51.9 Å². The van der Waals surface area contributed by atoms with Gasteiger partial charge in [0.05, 0.1) is 20.0 Å². The zero-order valence-corrected chi connectivity index (χ0v) is 18.3. The lowest BCUT2D eigenvalue weighted by Gasteiger charge is -2.17. The second-order valence-corrected chi connectivity index (χ2v) is 6.97. The van der Waals surface area contributed by atoms with Gasteiger partial charge in [-0.2, -0.15) is 0 Å². The molecule has 1 amide bonds. The molecule has 0 saturated heterocycles. The van der Waals surface area contributed by atoms with Crippen LogP contribution in [0.25, 0.3) is 27.7 Å². The molecule has 0 atom stereocenters. The highest BCUT2D eigenvalue weighted by atomic mass is 16.5. The van der Waals surface area contributed by atoms with Crippen molar-refractivity contribution in [3.8, 4) is 22.6 Å². The Kier molecular flexibility index (Phi) is 6.83. The summed E-state index contributed by atoms with van der Waals surface area (Å²) in [5, 5.41) is 0.945. The first-order chi connectivity index (χ1) is 14.5. The van der Waals surface area contributed by atoms with E-state index in [-0.39, 0.29) is 5.91 Å². The highest BCUT2D eigenvalue weighted by Crippen LogP contribution is 2.40. The summed E-state index contributed by atoms with van der Waals surface area (Å²) in [5.74, 6) is 1.48. The van der Waals surface area contributed by atoms with Crippen molar-refractivity contribution >= 4 is 22.4 Å². The number of hydrogen-bond acceptors (Lipinski definition) is 4. The molecule has 0 aliphatic carbocycles. The van der Waals surface area contributed by atoms with Crippen molar-refractivity contribution < 1.29 is 18.7 Å². The molecule has 30 heavy (non-hydrogen) atoms. The Morgan fingerprint density at radius 2 is 1.80 bits per heavy atom.